The quantitative estimate of drug-likeness (QED) is 0.700. The molecule has 0 fully saturated rings. The van der Waals surface area contributed by atoms with Gasteiger partial charge in [-0.2, -0.15) is 0 Å². The minimum absolute atomic E-state index is 0.0421. The monoisotopic (exact) mass is 347 g/mol. The fraction of sp³-hybridized carbons (Fsp3) is 0.316. The number of ether oxygens (including phenoxy) is 2. The van der Waals surface area contributed by atoms with Crippen molar-refractivity contribution < 1.29 is 14.3 Å². The van der Waals surface area contributed by atoms with Crippen LogP contribution >= 0.6 is 11.6 Å². The van der Waals surface area contributed by atoms with Gasteiger partial charge >= 0.3 is 0 Å². The second-order valence-corrected chi connectivity index (χ2v) is 5.79. The van der Waals surface area contributed by atoms with E-state index in [2.05, 4.69) is 5.32 Å². The van der Waals surface area contributed by atoms with Crippen LogP contribution in [0, 0.1) is 0 Å². The lowest BCUT2D eigenvalue weighted by molar-refractivity contribution is -0.120. The number of methoxy groups -OCH3 is 1. The fourth-order valence-electron chi connectivity index (χ4n) is 2.28. The molecule has 0 saturated heterocycles. The number of amides is 1. The van der Waals surface area contributed by atoms with E-state index in [1.807, 2.05) is 30.3 Å². The summed E-state index contributed by atoms with van der Waals surface area (Å²) in [6.07, 6.45) is 2.01. The summed E-state index contributed by atoms with van der Waals surface area (Å²) in [5.74, 6) is 1.50. The van der Waals surface area contributed by atoms with Crippen molar-refractivity contribution in [2.45, 2.75) is 19.3 Å². The summed E-state index contributed by atoms with van der Waals surface area (Å²) in [5, 5.41) is 3.50. The molecule has 2 aromatic rings. The van der Waals surface area contributed by atoms with Gasteiger partial charge < -0.3 is 14.8 Å². The largest absolute Gasteiger partial charge is 0.496 e. The zero-order chi connectivity index (χ0) is 17.2. The number of hydrogen-bond acceptors (Lipinski definition) is 3. The Hall–Kier alpha value is -2.20. The van der Waals surface area contributed by atoms with Gasteiger partial charge in [0.15, 0.2) is 0 Å². The summed E-state index contributed by atoms with van der Waals surface area (Å²) in [7, 11) is 1.58. The van der Waals surface area contributed by atoms with Crippen molar-refractivity contribution in [3.8, 4) is 11.5 Å². The van der Waals surface area contributed by atoms with Crippen molar-refractivity contribution in [2.75, 3.05) is 20.3 Å². The first-order valence-corrected chi connectivity index (χ1v) is 8.34. The Bertz CT molecular complexity index is 646. The van der Waals surface area contributed by atoms with Gasteiger partial charge in [-0.25, -0.2) is 0 Å². The van der Waals surface area contributed by atoms with E-state index in [9.17, 15) is 4.79 Å². The van der Waals surface area contributed by atoms with Gasteiger partial charge in [0.1, 0.15) is 11.5 Å². The van der Waals surface area contributed by atoms with Crippen LogP contribution in [-0.4, -0.2) is 26.2 Å². The molecule has 0 bridgehead atoms. The van der Waals surface area contributed by atoms with E-state index in [0.29, 0.717) is 23.9 Å². The molecule has 2 aromatic carbocycles. The topological polar surface area (TPSA) is 47.6 Å². The van der Waals surface area contributed by atoms with Crippen LogP contribution in [0.25, 0.3) is 0 Å². The van der Waals surface area contributed by atoms with E-state index in [0.717, 1.165) is 24.2 Å². The van der Waals surface area contributed by atoms with Gasteiger partial charge in [0.2, 0.25) is 5.91 Å². The Morgan fingerprint density at radius 3 is 2.67 bits per heavy atom. The molecule has 0 aliphatic carbocycles. The SMILES string of the molecule is COc1ccc(Cl)cc1CC(=O)NCCCCOc1ccccc1. The molecule has 0 atom stereocenters. The highest BCUT2D eigenvalue weighted by atomic mass is 35.5. The number of carbonyl (C=O) groups excluding carboxylic acids is 1. The van der Waals surface area contributed by atoms with Crippen LogP contribution in [0.1, 0.15) is 18.4 Å². The molecular weight excluding hydrogens is 326 g/mol. The number of nitrogens with one attached hydrogen (secondary N) is 1. The molecule has 0 spiro atoms. The summed E-state index contributed by atoms with van der Waals surface area (Å²) in [6.45, 7) is 1.27. The Morgan fingerprint density at radius 2 is 1.92 bits per heavy atom. The molecule has 0 aliphatic rings. The van der Waals surface area contributed by atoms with Gasteiger partial charge in [-0.1, -0.05) is 29.8 Å². The molecule has 5 heteroatoms. The summed E-state index contributed by atoms with van der Waals surface area (Å²) < 4.78 is 10.9. The molecule has 24 heavy (non-hydrogen) atoms. The van der Waals surface area contributed by atoms with Gasteiger partial charge in [-0.05, 0) is 43.2 Å². The second kappa shape index (κ2) is 9.83. The highest BCUT2D eigenvalue weighted by Gasteiger charge is 2.09. The van der Waals surface area contributed by atoms with Gasteiger partial charge in [0.05, 0.1) is 20.1 Å². The van der Waals surface area contributed by atoms with E-state index in [1.54, 1.807) is 25.3 Å². The fourth-order valence-corrected chi connectivity index (χ4v) is 2.48. The number of para-hydroxylation sites is 1. The molecule has 1 amide bonds. The minimum Gasteiger partial charge on any atom is -0.496 e. The molecule has 0 unspecified atom stereocenters. The molecule has 0 aliphatic heterocycles. The number of rotatable bonds is 9. The summed E-state index contributed by atoms with van der Waals surface area (Å²) in [4.78, 5) is 12.0. The third-order valence-electron chi connectivity index (χ3n) is 3.50. The van der Waals surface area contributed by atoms with Crippen molar-refractivity contribution in [3.63, 3.8) is 0 Å². The van der Waals surface area contributed by atoms with E-state index in [-0.39, 0.29) is 12.3 Å². The lowest BCUT2D eigenvalue weighted by atomic mass is 10.1. The molecule has 0 aromatic heterocycles. The van der Waals surface area contributed by atoms with Crippen molar-refractivity contribution >= 4 is 17.5 Å². The Kier molecular flexibility index (Phi) is 7.43. The maximum Gasteiger partial charge on any atom is 0.224 e. The first kappa shape index (κ1) is 18.1. The third-order valence-corrected chi connectivity index (χ3v) is 3.73. The van der Waals surface area contributed by atoms with Gasteiger partial charge in [-0.3, -0.25) is 4.79 Å². The van der Waals surface area contributed by atoms with E-state index in [1.165, 1.54) is 0 Å². The van der Waals surface area contributed by atoms with Crippen molar-refractivity contribution in [1.82, 2.24) is 5.32 Å². The summed E-state index contributed by atoms with van der Waals surface area (Å²) >= 11 is 5.97. The molecular formula is C19H22ClNO3. The molecule has 0 heterocycles. The van der Waals surface area contributed by atoms with Crippen LogP contribution in [0.3, 0.4) is 0 Å². The summed E-state index contributed by atoms with van der Waals surface area (Å²) in [6, 6.07) is 15.0. The smallest absolute Gasteiger partial charge is 0.224 e. The predicted octanol–water partition coefficient (Wildman–Crippen LogP) is 3.87. The summed E-state index contributed by atoms with van der Waals surface area (Å²) in [5.41, 5.74) is 0.787. The van der Waals surface area contributed by atoms with Crippen LogP contribution < -0.4 is 14.8 Å². The molecule has 1 N–H and O–H groups in total. The van der Waals surface area contributed by atoms with E-state index in [4.69, 9.17) is 21.1 Å². The maximum absolute atomic E-state index is 12.0. The Morgan fingerprint density at radius 1 is 1.12 bits per heavy atom. The van der Waals surface area contributed by atoms with Crippen molar-refractivity contribution in [2.24, 2.45) is 0 Å². The number of carbonyl (C=O) groups is 1. The Balaban J connectivity index is 1.64. The number of benzene rings is 2. The van der Waals surface area contributed by atoms with Crippen molar-refractivity contribution in [1.29, 1.82) is 0 Å². The molecule has 0 saturated carbocycles. The highest BCUT2D eigenvalue weighted by molar-refractivity contribution is 6.30. The van der Waals surface area contributed by atoms with Crippen LogP contribution in [0.5, 0.6) is 11.5 Å². The maximum atomic E-state index is 12.0. The molecule has 0 radical (unpaired) electrons. The standard InChI is InChI=1S/C19H22ClNO3/c1-23-18-10-9-16(20)13-15(18)14-19(22)21-11-5-6-12-24-17-7-3-2-4-8-17/h2-4,7-10,13H,5-6,11-12,14H2,1H3,(H,21,22). The first-order valence-electron chi connectivity index (χ1n) is 7.96. The number of halogens is 1. The zero-order valence-corrected chi connectivity index (χ0v) is 14.5. The van der Waals surface area contributed by atoms with Crippen molar-refractivity contribution in [3.05, 3.63) is 59.1 Å². The van der Waals surface area contributed by atoms with Crippen LogP contribution in [0.2, 0.25) is 5.02 Å². The highest BCUT2D eigenvalue weighted by Crippen LogP contribution is 2.22. The number of hydrogen-bond donors (Lipinski definition) is 1. The lowest BCUT2D eigenvalue weighted by Gasteiger charge is -2.10. The lowest BCUT2D eigenvalue weighted by Crippen LogP contribution is -2.26. The van der Waals surface area contributed by atoms with Gasteiger partial charge in [0.25, 0.3) is 0 Å². The Labute approximate surface area is 147 Å². The normalized spacial score (nSPS) is 10.2. The molecule has 2 rings (SSSR count). The molecule has 128 valence electrons. The molecule has 4 nitrogen and oxygen atoms in total. The van der Waals surface area contributed by atoms with E-state index >= 15 is 0 Å². The van der Waals surface area contributed by atoms with Crippen LogP contribution in [-0.2, 0) is 11.2 Å². The van der Waals surface area contributed by atoms with Crippen LogP contribution in [0.15, 0.2) is 48.5 Å². The minimum atomic E-state index is -0.0421. The van der Waals surface area contributed by atoms with Crippen LogP contribution in [0.4, 0.5) is 0 Å². The van der Waals surface area contributed by atoms with Gasteiger partial charge in [0, 0.05) is 17.1 Å². The third kappa shape index (κ3) is 6.13. The zero-order valence-electron chi connectivity index (χ0n) is 13.8. The van der Waals surface area contributed by atoms with E-state index < -0.39 is 0 Å². The average molecular weight is 348 g/mol. The second-order valence-electron chi connectivity index (χ2n) is 5.35. The number of unbranched alkanes of at least 4 members (excludes halogenated alkanes) is 1. The average Bonchev–Trinajstić information content (AvgIpc) is 2.59. The van der Waals surface area contributed by atoms with Gasteiger partial charge in [-0.15, -0.1) is 0 Å². The predicted molar refractivity (Wildman–Crippen MR) is 95.9 cm³/mol. The first-order chi connectivity index (χ1) is 11.7.